The van der Waals surface area contributed by atoms with Crippen molar-refractivity contribution in [2.24, 2.45) is 5.73 Å². The van der Waals surface area contributed by atoms with Gasteiger partial charge in [0.05, 0.1) is 0 Å². The minimum absolute atomic E-state index is 0.0246. The van der Waals surface area contributed by atoms with Gasteiger partial charge in [0.1, 0.15) is 0 Å². The van der Waals surface area contributed by atoms with Crippen LogP contribution >= 0.6 is 0 Å². The molecule has 0 fully saturated rings. The number of likely N-dealkylation sites (N-methyl/N-ethyl adjacent to an activating group) is 1. The number of anilines is 1. The Morgan fingerprint density at radius 3 is 2.72 bits per heavy atom. The molecule has 3 N–H and O–H groups in total. The molecule has 0 aliphatic rings. The van der Waals surface area contributed by atoms with Crippen LogP contribution in [-0.4, -0.2) is 32.1 Å². The molecule has 0 radical (unpaired) electrons. The maximum Gasteiger partial charge on any atom is 0.221 e. The molecule has 1 amide bonds. The van der Waals surface area contributed by atoms with Crippen molar-refractivity contribution in [2.45, 2.75) is 26.3 Å². The third-order valence-corrected chi connectivity index (χ3v) is 3.09. The van der Waals surface area contributed by atoms with Gasteiger partial charge in [0, 0.05) is 38.3 Å². The summed E-state index contributed by atoms with van der Waals surface area (Å²) in [6, 6.07) is 8.31. The molecular weight excluding hydrogens is 226 g/mol. The first-order valence-electron chi connectivity index (χ1n) is 6.36. The van der Waals surface area contributed by atoms with Crippen molar-refractivity contribution in [1.82, 2.24) is 5.32 Å². The van der Waals surface area contributed by atoms with Gasteiger partial charge in [-0.05, 0) is 31.5 Å². The van der Waals surface area contributed by atoms with Gasteiger partial charge in [-0.1, -0.05) is 12.1 Å². The minimum atomic E-state index is 0.0246. The van der Waals surface area contributed by atoms with E-state index in [-0.39, 0.29) is 11.9 Å². The van der Waals surface area contributed by atoms with Gasteiger partial charge in [-0.15, -0.1) is 0 Å². The van der Waals surface area contributed by atoms with E-state index >= 15 is 0 Å². The summed E-state index contributed by atoms with van der Waals surface area (Å²) >= 11 is 0. The smallest absolute Gasteiger partial charge is 0.221 e. The largest absolute Gasteiger partial charge is 0.367 e. The molecule has 1 atom stereocenters. The molecule has 0 spiro atoms. The fraction of sp³-hybridized carbons (Fsp3) is 0.500. The summed E-state index contributed by atoms with van der Waals surface area (Å²) < 4.78 is 0. The molecule has 100 valence electrons. The monoisotopic (exact) mass is 249 g/mol. The number of rotatable bonds is 6. The summed E-state index contributed by atoms with van der Waals surface area (Å²) in [7, 11) is 1.65. The highest BCUT2D eigenvalue weighted by atomic mass is 16.1. The third kappa shape index (κ3) is 3.74. The molecule has 1 aromatic rings. The molecule has 1 unspecified atom stereocenters. The van der Waals surface area contributed by atoms with E-state index in [0.29, 0.717) is 13.0 Å². The summed E-state index contributed by atoms with van der Waals surface area (Å²) in [5.41, 5.74) is 8.14. The maximum absolute atomic E-state index is 11.5. The van der Waals surface area contributed by atoms with Crippen LogP contribution in [0.25, 0.3) is 0 Å². The number of nitrogens with zero attached hydrogens (tertiary/aromatic N) is 1. The molecule has 0 aliphatic carbocycles. The van der Waals surface area contributed by atoms with E-state index in [0.717, 1.165) is 12.2 Å². The average Bonchev–Trinajstić information content (AvgIpc) is 2.38. The van der Waals surface area contributed by atoms with Gasteiger partial charge in [0.2, 0.25) is 5.91 Å². The molecule has 0 heterocycles. The van der Waals surface area contributed by atoms with Crippen LogP contribution in [0.4, 0.5) is 5.69 Å². The van der Waals surface area contributed by atoms with Crippen molar-refractivity contribution < 1.29 is 4.79 Å². The number of carbonyl (C=O) groups is 1. The van der Waals surface area contributed by atoms with Crippen LogP contribution in [-0.2, 0) is 4.79 Å². The Labute approximate surface area is 109 Å². The van der Waals surface area contributed by atoms with Gasteiger partial charge in [0.25, 0.3) is 0 Å². The molecular formula is C14H23N3O. The zero-order valence-electron chi connectivity index (χ0n) is 11.4. The van der Waals surface area contributed by atoms with Gasteiger partial charge >= 0.3 is 0 Å². The van der Waals surface area contributed by atoms with Crippen molar-refractivity contribution in [2.75, 3.05) is 25.0 Å². The van der Waals surface area contributed by atoms with E-state index in [1.807, 2.05) is 6.07 Å². The zero-order chi connectivity index (χ0) is 13.5. The normalized spacial score (nSPS) is 12.0. The van der Waals surface area contributed by atoms with E-state index in [1.165, 1.54) is 5.56 Å². The fourth-order valence-corrected chi connectivity index (χ4v) is 2.10. The first-order chi connectivity index (χ1) is 8.62. The first-order valence-corrected chi connectivity index (χ1v) is 6.36. The molecule has 0 bridgehead atoms. The lowest BCUT2D eigenvalue weighted by molar-refractivity contribution is -0.120. The summed E-state index contributed by atoms with van der Waals surface area (Å²) in [5.74, 6) is 0.0246. The Bertz CT molecular complexity index is 392. The molecule has 1 aromatic carbocycles. The summed E-state index contributed by atoms with van der Waals surface area (Å²) in [5, 5.41) is 2.65. The molecule has 4 nitrogen and oxygen atoms in total. The highest BCUT2D eigenvalue weighted by molar-refractivity contribution is 5.76. The van der Waals surface area contributed by atoms with Crippen molar-refractivity contribution in [1.29, 1.82) is 0 Å². The third-order valence-electron chi connectivity index (χ3n) is 3.09. The molecule has 0 saturated carbocycles. The Morgan fingerprint density at radius 2 is 2.22 bits per heavy atom. The van der Waals surface area contributed by atoms with Crippen molar-refractivity contribution >= 4 is 11.6 Å². The number of nitrogens with two attached hydrogens (primary N) is 1. The Kier molecular flexibility index (Phi) is 5.65. The number of hydrogen-bond donors (Lipinski definition) is 2. The van der Waals surface area contributed by atoms with Crippen LogP contribution in [0.1, 0.15) is 18.9 Å². The molecule has 18 heavy (non-hydrogen) atoms. The molecule has 1 rings (SSSR count). The highest BCUT2D eigenvalue weighted by Gasteiger charge is 2.19. The van der Waals surface area contributed by atoms with Gasteiger partial charge in [0.15, 0.2) is 0 Å². The molecule has 4 heteroatoms. The highest BCUT2D eigenvalue weighted by Crippen LogP contribution is 2.19. The van der Waals surface area contributed by atoms with Crippen molar-refractivity contribution in [3.63, 3.8) is 0 Å². The van der Waals surface area contributed by atoms with Gasteiger partial charge in [-0.25, -0.2) is 0 Å². The number of carbonyl (C=O) groups excluding carboxylic acids is 1. The predicted molar refractivity (Wildman–Crippen MR) is 75.7 cm³/mol. The van der Waals surface area contributed by atoms with Crippen LogP contribution in [0.3, 0.4) is 0 Å². The van der Waals surface area contributed by atoms with Crippen LogP contribution in [0.2, 0.25) is 0 Å². The molecule has 0 aliphatic heterocycles. The van der Waals surface area contributed by atoms with Crippen LogP contribution < -0.4 is 16.0 Å². The van der Waals surface area contributed by atoms with E-state index in [2.05, 4.69) is 42.3 Å². The first kappa shape index (κ1) is 14.5. The van der Waals surface area contributed by atoms with E-state index < -0.39 is 0 Å². The summed E-state index contributed by atoms with van der Waals surface area (Å²) in [6.45, 7) is 5.44. The maximum atomic E-state index is 11.5. The van der Waals surface area contributed by atoms with Crippen molar-refractivity contribution in [3.8, 4) is 0 Å². The second-order valence-corrected chi connectivity index (χ2v) is 4.39. The van der Waals surface area contributed by atoms with Gasteiger partial charge in [-0.3, -0.25) is 4.79 Å². The lowest BCUT2D eigenvalue weighted by Gasteiger charge is -2.31. The predicted octanol–water partition coefficient (Wildman–Crippen LogP) is 1.28. The van der Waals surface area contributed by atoms with Gasteiger partial charge < -0.3 is 16.0 Å². The van der Waals surface area contributed by atoms with Crippen molar-refractivity contribution in [3.05, 3.63) is 29.8 Å². The second kappa shape index (κ2) is 7.01. The SMILES string of the molecule is CCN(c1cccc(C)c1)C(CN)CC(=O)NC. The van der Waals surface area contributed by atoms with Gasteiger partial charge in [-0.2, -0.15) is 0 Å². The standard InChI is InChI=1S/C14H23N3O/c1-4-17(12-7-5-6-11(2)8-12)13(10-15)9-14(18)16-3/h5-8,13H,4,9-10,15H2,1-3H3,(H,16,18). The number of nitrogens with one attached hydrogen (secondary N) is 1. The van der Waals surface area contributed by atoms with Crippen LogP contribution in [0.5, 0.6) is 0 Å². The molecule has 0 aromatic heterocycles. The second-order valence-electron chi connectivity index (χ2n) is 4.39. The summed E-state index contributed by atoms with van der Waals surface area (Å²) in [6.07, 6.45) is 0.425. The number of aryl methyl sites for hydroxylation is 1. The van der Waals surface area contributed by atoms with E-state index in [1.54, 1.807) is 7.05 Å². The van der Waals surface area contributed by atoms with Crippen LogP contribution in [0, 0.1) is 6.92 Å². The Morgan fingerprint density at radius 1 is 1.50 bits per heavy atom. The quantitative estimate of drug-likeness (QED) is 0.798. The lowest BCUT2D eigenvalue weighted by Crippen LogP contribution is -2.43. The van der Waals surface area contributed by atoms with Crippen LogP contribution in [0.15, 0.2) is 24.3 Å². The van der Waals surface area contributed by atoms with E-state index in [4.69, 9.17) is 5.73 Å². The minimum Gasteiger partial charge on any atom is -0.367 e. The zero-order valence-corrected chi connectivity index (χ0v) is 11.4. The fourth-order valence-electron chi connectivity index (χ4n) is 2.10. The topological polar surface area (TPSA) is 58.4 Å². The summed E-state index contributed by atoms with van der Waals surface area (Å²) in [4.78, 5) is 13.7. The van der Waals surface area contributed by atoms with E-state index in [9.17, 15) is 4.79 Å². The lowest BCUT2D eigenvalue weighted by atomic mass is 10.1. The number of hydrogen-bond acceptors (Lipinski definition) is 3. The number of benzene rings is 1. The Hall–Kier alpha value is -1.55. The molecule has 0 saturated heterocycles. The average molecular weight is 249 g/mol. The number of amides is 1. The Balaban J connectivity index is 2.89.